The summed E-state index contributed by atoms with van der Waals surface area (Å²) in [7, 11) is 0. The van der Waals surface area contributed by atoms with Crippen LogP contribution in [0.25, 0.3) is 0 Å². The van der Waals surface area contributed by atoms with Crippen molar-refractivity contribution in [1.29, 1.82) is 0 Å². The molecule has 0 bridgehead atoms. The molecule has 0 aromatic carbocycles. The van der Waals surface area contributed by atoms with Crippen molar-refractivity contribution >= 4 is 6.16 Å². The maximum absolute atomic E-state index is 11.7. The van der Waals surface area contributed by atoms with Crippen LogP contribution >= 0.6 is 0 Å². The highest BCUT2D eigenvalue weighted by Gasteiger charge is 2.03. The van der Waals surface area contributed by atoms with E-state index in [4.69, 9.17) is 9.47 Å². The average Bonchev–Trinajstić information content (AvgIpc) is 3.03. The summed E-state index contributed by atoms with van der Waals surface area (Å²) in [6.07, 6.45) is 55.1. The normalized spacial score (nSPS) is 12.4. The Morgan fingerprint density at radius 3 is 1.11 bits per heavy atom. The number of ether oxygens (including phenoxy) is 2. The maximum atomic E-state index is 11.7. The Bertz CT molecular complexity index is 756. The van der Waals surface area contributed by atoms with Gasteiger partial charge in [0.2, 0.25) is 0 Å². The summed E-state index contributed by atoms with van der Waals surface area (Å²) >= 11 is 0. The zero-order valence-corrected chi connectivity index (χ0v) is 29.0. The van der Waals surface area contributed by atoms with Gasteiger partial charge >= 0.3 is 6.16 Å². The summed E-state index contributed by atoms with van der Waals surface area (Å²) in [5.41, 5.74) is 0. The molecule has 0 saturated heterocycles. The van der Waals surface area contributed by atoms with E-state index in [1.165, 1.54) is 89.9 Å². The minimum absolute atomic E-state index is 0.466. The highest BCUT2D eigenvalue weighted by molar-refractivity contribution is 5.59. The van der Waals surface area contributed by atoms with E-state index >= 15 is 0 Å². The van der Waals surface area contributed by atoms with E-state index in [1.54, 1.807) is 0 Å². The van der Waals surface area contributed by atoms with Gasteiger partial charge in [0.15, 0.2) is 0 Å². The first-order valence-electron chi connectivity index (χ1n) is 18.5. The Morgan fingerprint density at radius 2 is 0.705 bits per heavy atom. The van der Waals surface area contributed by atoms with Gasteiger partial charge in [-0.05, 0) is 83.5 Å². The number of hydrogen-bond donors (Lipinski definition) is 0. The van der Waals surface area contributed by atoms with Gasteiger partial charge in [-0.2, -0.15) is 0 Å². The SMILES string of the molecule is CC/C=C\C/C=C\C/C=C\C/C=C\C/C=C\CCCCCCOC(=O)OCCCCCCCC/C=C/CCCCCCCC. The second kappa shape index (κ2) is 38.7. The highest BCUT2D eigenvalue weighted by Crippen LogP contribution is 2.10. The molecule has 0 unspecified atom stereocenters. The molecule has 0 aromatic rings. The molecule has 3 nitrogen and oxygen atoms in total. The lowest BCUT2D eigenvalue weighted by atomic mass is 10.1. The fourth-order valence-electron chi connectivity index (χ4n) is 4.79. The largest absolute Gasteiger partial charge is 0.508 e. The Balaban J connectivity index is 3.35. The number of unbranched alkanes of at least 4 members (excludes halogenated alkanes) is 16. The first-order chi connectivity index (χ1) is 21.8. The van der Waals surface area contributed by atoms with Crippen LogP contribution < -0.4 is 0 Å². The van der Waals surface area contributed by atoms with Gasteiger partial charge in [-0.15, -0.1) is 0 Å². The molecular formula is C41H70O3. The quantitative estimate of drug-likeness (QED) is 0.0432. The van der Waals surface area contributed by atoms with Gasteiger partial charge in [0, 0.05) is 0 Å². The van der Waals surface area contributed by atoms with Crippen LogP contribution in [-0.2, 0) is 9.47 Å². The van der Waals surface area contributed by atoms with Crippen molar-refractivity contribution in [1.82, 2.24) is 0 Å². The Morgan fingerprint density at radius 1 is 0.386 bits per heavy atom. The van der Waals surface area contributed by atoms with Crippen LogP contribution in [0, 0.1) is 0 Å². The minimum atomic E-state index is -0.503. The van der Waals surface area contributed by atoms with Gasteiger partial charge in [-0.1, -0.05) is 157 Å². The zero-order chi connectivity index (χ0) is 31.9. The molecule has 0 spiro atoms. The molecule has 0 aliphatic rings. The molecule has 0 aliphatic heterocycles. The van der Waals surface area contributed by atoms with Crippen LogP contribution in [0.5, 0.6) is 0 Å². The van der Waals surface area contributed by atoms with E-state index in [2.05, 4.69) is 86.8 Å². The monoisotopic (exact) mass is 611 g/mol. The molecule has 0 aromatic heterocycles. The fourth-order valence-corrected chi connectivity index (χ4v) is 4.79. The van der Waals surface area contributed by atoms with Crippen LogP contribution in [0.1, 0.15) is 168 Å². The van der Waals surface area contributed by atoms with Crippen LogP contribution in [0.4, 0.5) is 4.79 Å². The summed E-state index contributed by atoms with van der Waals surface area (Å²) < 4.78 is 10.4. The molecule has 3 heteroatoms. The van der Waals surface area contributed by atoms with Crippen molar-refractivity contribution in [2.24, 2.45) is 0 Å². The summed E-state index contributed by atoms with van der Waals surface area (Å²) in [4.78, 5) is 11.7. The van der Waals surface area contributed by atoms with Crippen molar-refractivity contribution in [3.63, 3.8) is 0 Å². The molecule has 0 fully saturated rings. The van der Waals surface area contributed by atoms with Crippen molar-refractivity contribution < 1.29 is 14.3 Å². The molecule has 0 saturated carbocycles. The smallest absolute Gasteiger partial charge is 0.434 e. The summed E-state index contributed by atoms with van der Waals surface area (Å²) in [6.45, 7) is 5.38. The van der Waals surface area contributed by atoms with Crippen LogP contribution in [0.3, 0.4) is 0 Å². The molecule has 0 heterocycles. The number of allylic oxidation sites excluding steroid dienone is 12. The summed E-state index contributed by atoms with van der Waals surface area (Å²) in [5, 5.41) is 0. The Labute approximate surface area is 274 Å². The number of hydrogen-bond acceptors (Lipinski definition) is 3. The third-order valence-corrected chi connectivity index (χ3v) is 7.52. The fraction of sp³-hybridized carbons (Fsp3) is 0.683. The van der Waals surface area contributed by atoms with Crippen molar-refractivity contribution in [3.8, 4) is 0 Å². The standard InChI is InChI=1S/C41H70O3/c1-3-5-7-9-11-13-15-17-19-21-22-23-24-26-28-30-32-34-36-38-40-44-41(42)43-39-37-35-33-31-29-27-25-20-18-16-14-12-10-8-6-4-2/h5,7,11,13,17-20,22-23,26,28H,3-4,6,8-10,12,14-16,21,24-25,27,29-40H2,1-2H3/b7-5-,13-11-,19-17-,20-18+,23-22-,28-26-. The molecule has 0 N–H and O–H groups in total. The number of carbonyl (C=O) groups excluding carboxylic acids is 1. The van der Waals surface area contributed by atoms with Gasteiger partial charge in [-0.25, -0.2) is 4.79 Å². The highest BCUT2D eigenvalue weighted by atomic mass is 16.7. The lowest BCUT2D eigenvalue weighted by Gasteiger charge is -2.06. The van der Waals surface area contributed by atoms with Gasteiger partial charge in [0.1, 0.15) is 0 Å². The summed E-state index contributed by atoms with van der Waals surface area (Å²) in [6, 6.07) is 0. The first kappa shape index (κ1) is 41.7. The molecule has 0 atom stereocenters. The topological polar surface area (TPSA) is 35.5 Å². The van der Waals surface area contributed by atoms with Crippen LogP contribution in [-0.4, -0.2) is 19.4 Å². The zero-order valence-electron chi connectivity index (χ0n) is 29.0. The van der Waals surface area contributed by atoms with E-state index in [0.29, 0.717) is 13.2 Å². The van der Waals surface area contributed by atoms with E-state index in [-0.39, 0.29) is 0 Å². The molecule has 0 rings (SSSR count). The molecule has 0 radical (unpaired) electrons. The molecule has 252 valence electrons. The molecule has 0 amide bonds. The number of carbonyl (C=O) groups is 1. The second-order valence-electron chi connectivity index (χ2n) is 11.8. The van der Waals surface area contributed by atoms with Crippen molar-refractivity contribution in [2.75, 3.05) is 13.2 Å². The Kier molecular flexibility index (Phi) is 36.7. The lowest BCUT2D eigenvalue weighted by Crippen LogP contribution is -2.09. The van der Waals surface area contributed by atoms with Gasteiger partial charge in [0.25, 0.3) is 0 Å². The predicted molar refractivity (Wildman–Crippen MR) is 194 cm³/mol. The predicted octanol–water partition coefficient (Wildman–Crippen LogP) is 13.9. The van der Waals surface area contributed by atoms with E-state index in [0.717, 1.165) is 64.2 Å². The van der Waals surface area contributed by atoms with Crippen LogP contribution in [0.2, 0.25) is 0 Å². The van der Waals surface area contributed by atoms with Crippen molar-refractivity contribution in [3.05, 3.63) is 72.9 Å². The minimum Gasteiger partial charge on any atom is -0.434 e. The second-order valence-corrected chi connectivity index (χ2v) is 11.8. The van der Waals surface area contributed by atoms with E-state index in [9.17, 15) is 4.79 Å². The first-order valence-corrected chi connectivity index (χ1v) is 18.5. The third kappa shape index (κ3) is 37.7. The van der Waals surface area contributed by atoms with E-state index in [1.807, 2.05) is 0 Å². The Hall–Kier alpha value is -2.29. The third-order valence-electron chi connectivity index (χ3n) is 7.52. The van der Waals surface area contributed by atoms with E-state index < -0.39 is 6.16 Å². The van der Waals surface area contributed by atoms with Gasteiger partial charge in [-0.3, -0.25) is 0 Å². The molecule has 44 heavy (non-hydrogen) atoms. The molecule has 0 aliphatic carbocycles. The maximum Gasteiger partial charge on any atom is 0.508 e. The molecular weight excluding hydrogens is 540 g/mol. The van der Waals surface area contributed by atoms with Gasteiger partial charge < -0.3 is 9.47 Å². The van der Waals surface area contributed by atoms with Crippen molar-refractivity contribution in [2.45, 2.75) is 168 Å². The average molecular weight is 611 g/mol. The number of rotatable bonds is 32. The lowest BCUT2D eigenvalue weighted by molar-refractivity contribution is 0.0529. The van der Waals surface area contributed by atoms with Crippen LogP contribution in [0.15, 0.2) is 72.9 Å². The summed E-state index contributed by atoms with van der Waals surface area (Å²) in [5.74, 6) is 0. The van der Waals surface area contributed by atoms with Gasteiger partial charge in [0.05, 0.1) is 13.2 Å².